The summed E-state index contributed by atoms with van der Waals surface area (Å²) in [5.74, 6) is 1.92. The molecular weight excluding hydrogens is 678 g/mol. The van der Waals surface area contributed by atoms with Crippen LogP contribution >= 0.6 is 19.1 Å². The van der Waals surface area contributed by atoms with Gasteiger partial charge in [-0.15, -0.1) is 6.67 Å². The summed E-state index contributed by atoms with van der Waals surface area (Å²) in [5, 5.41) is 4.11. The standard InChI is InChI=1S/C27H37N2.C10H11N2.2ClH.Pd/c1-18(2)22-11-9-12-23(19(3)4)26(22)28-15-16-29(17-28)27-24(20(5)6)13-10-14-25(27)21(7)8;1-2-4-10(5-3-1)8-12-7-6-11-9-12;;;/h9-21H,1-8H3;1-7H,8-9H2;2*1H;/q2*-1;;;+2/p-2. The summed E-state index contributed by atoms with van der Waals surface area (Å²) < 4.78 is 0. The summed E-state index contributed by atoms with van der Waals surface area (Å²) in [5.41, 5.74) is 9.62. The van der Waals surface area contributed by atoms with E-state index in [-0.39, 0.29) is 15.9 Å². The summed E-state index contributed by atoms with van der Waals surface area (Å²) >= 11 is -0.106. The summed E-state index contributed by atoms with van der Waals surface area (Å²) in [6.07, 6.45) is 8.30. The van der Waals surface area contributed by atoms with Crippen molar-refractivity contribution in [1.82, 2.24) is 4.90 Å². The monoisotopic (exact) mass is 724 g/mol. The van der Waals surface area contributed by atoms with Crippen molar-refractivity contribution in [3.05, 3.63) is 131 Å². The van der Waals surface area contributed by atoms with Crippen LogP contribution in [0.4, 0.5) is 11.4 Å². The zero-order valence-corrected chi connectivity index (χ0v) is 30.4. The van der Waals surface area contributed by atoms with Crippen molar-refractivity contribution >= 4 is 30.4 Å². The number of benzene rings is 3. The van der Waals surface area contributed by atoms with Gasteiger partial charge in [0.15, 0.2) is 0 Å². The molecule has 0 saturated heterocycles. The molecule has 2 heterocycles. The number of hydrogen-bond donors (Lipinski definition) is 0. The third-order valence-corrected chi connectivity index (χ3v) is 7.71. The molecule has 0 atom stereocenters. The van der Waals surface area contributed by atoms with Gasteiger partial charge in [-0.3, -0.25) is 0 Å². The normalized spacial score (nSPS) is 14.0. The summed E-state index contributed by atoms with van der Waals surface area (Å²) in [7, 11) is 9.63. The third kappa shape index (κ3) is 9.79. The van der Waals surface area contributed by atoms with Gasteiger partial charge in [-0.25, -0.2) is 0 Å². The topological polar surface area (TPSA) is 23.8 Å². The molecule has 0 saturated carbocycles. The van der Waals surface area contributed by atoms with Crippen LogP contribution in [0.3, 0.4) is 0 Å². The van der Waals surface area contributed by atoms with Crippen molar-refractivity contribution in [2.45, 2.75) is 85.6 Å². The van der Waals surface area contributed by atoms with E-state index in [9.17, 15) is 0 Å². The second kappa shape index (κ2) is 17.9. The second-order valence-electron chi connectivity index (χ2n) is 12.3. The fourth-order valence-electron chi connectivity index (χ4n) is 5.50. The van der Waals surface area contributed by atoms with Crippen LogP contribution in [0, 0.1) is 6.67 Å². The molecule has 4 nitrogen and oxygen atoms in total. The molecule has 0 aliphatic carbocycles. The van der Waals surface area contributed by atoms with Crippen LogP contribution in [0.2, 0.25) is 0 Å². The molecule has 5 rings (SSSR count). The van der Waals surface area contributed by atoms with Crippen LogP contribution in [0.15, 0.2) is 91.5 Å². The van der Waals surface area contributed by atoms with E-state index in [1.165, 1.54) is 39.2 Å². The molecule has 0 bridgehead atoms. The summed E-state index contributed by atoms with van der Waals surface area (Å²) in [4.78, 5) is 6.83. The Morgan fingerprint density at radius 2 is 1.05 bits per heavy atom. The summed E-state index contributed by atoms with van der Waals surface area (Å²) in [6.45, 7) is 22.3. The van der Waals surface area contributed by atoms with Crippen LogP contribution in [-0.2, 0) is 22.5 Å². The second-order valence-corrected chi connectivity index (χ2v) is 14.7. The molecule has 0 unspecified atom stereocenters. The molecular formula is C37H48Cl2N4Pd-2. The van der Waals surface area contributed by atoms with Gasteiger partial charge in [0.25, 0.3) is 0 Å². The van der Waals surface area contributed by atoms with Crippen LogP contribution in [-0.4, -0.2) is 11.6 Å². The third-order valence-electron chi connectivity index (χ3n) is 7.71. The Bertz CT molecular complexity index is 1230. The molecule has 3 aromatic rings. The zero-order chi connectivity index (χ0) is 32.2. The van der Waals surface area contributed by atoms with E-state index in [0.29, 0.717) is 23.7 Å². The summed E-state index contributed by atoms with van der Waals surface area (Å²) in [6, 6.07) is 23.9. The van der Waals surface area contributed by atoms with Gasteiger partial charge in [-0.1, -0.05) is 129 Å². The number of rotatable bonds is 8. The molecule has 0 spiro atoms. The zero-order valence-electron chi connectivity index (χ0n) is 27.3. The fraction of sp³-hybridized carbons (Fsp3) is 0.378. The van der Waals surface area contributed by atoms with Gasteiger partial charge in [0, 0.05) is 17.9 Å². The minimum atomic E-state index is -0.106. The average molecular weight is 726 g/mol. The number of para-hydroxylation sites is 2. The molecule has 2 aliphatic rings. The van der Waals surface area contributed by atoms with Crippen molar-refractivity contribution in [3.63, 3.8) is 0 Å². The number of nitrogens with zero attached hydrogens (tertiary/aromatic N) is 4. The van der Waals surface area contributed by atoms with E-state index in [4.69, 9.17) is 19.1 Å². The quantitative estimate of drug-likeness (QED) is 0.171. The Morgan fingerprint density at radius 1 is 0.636 bits per heavy atom. The maximum absolute atomic E-state index is 4.81. The average Bonchev–Trinajstić information content (AvgIpc) is 3.70. The van der Waals surface area contributed by atoms with Crippen LogP contribution in [0.1, 0.15) is 107 Å². The first-order valence-electron chi connectivity index (χ1n) is 15.4. The van der Waals surface area contributed by atoms with Gasteiger partial charge < -0.3 is 20.0 Å². The van der Waals surface area contributed by atoms with Crippen LogP contribution in [0.25, 0.3) is 5.32 Å². The Kier molecular flexibility index (Phi) is 14.7. The van der Waals surface area contributed by atoms with Crippen molar-refractivity contribution in [3.8, 4) is 0 Å². The van der Waals surface area contributed by atoms with Crippen molar-refractivity contribution in [1.29, 1.82) is 0 Å². The van der Waals surface area contributed by atoms with Crippen molar-refractivity contribution in [2.75, 3.05) is 16.5 Å². The predicted molar refractivity (Wildman–Crippen MR) is 189 cm³/mol. The van der Waals surface area contributed by atoms with Crippen LogP contribution < -0.4 is 9.80 Å². The van der Waals surface area contributed by atoms with Gasteiger partial charge in [-0.05, 0) is 70.1 Å². The van der Waals surface area contributed by atoms with Crippen LogP contribution in [0.5, 0.6) is 0 Å². The molecule has 242 valence electrons. The fourth-order valence-corrected chi connectivity index (χ4v) is 5.50. The van der Waals surface area contributed by atoms with E-state index in [2.05, 4.69) is 155 Å². The van der Waals surface area contributed by atoms with Crippen molar-refractivity contribution in [2.24, 2.45) is 0 Å². The number of hydrogen-bond acceptors (Lipinski definition) is 3. The number of halogens is 2. The van der Waals surface area contributed by atoms with Gasteiger partial charge in [0.1, 0.15) is 0 Å². The molecule has 2 aliphatic heterocycles. The molecule has 0 N–H and O–H groups in total. The van der Waals surface area contributed by atoms with Gasteiger partial charge in [0.2, 0.25) is 0 Å². The molecule has 3 aromatic carbocycles. The number of anilines is 2. The van der Waals surface area contributed by atoms with E-state index >= 15 is 0 Å². The Balaban J connectivity index is 0.000000290. The first-order chi connectivity index (χ1) is 21.1. The molecule has 0 amide bonds. The Hall–Kier alpha value is -2.42. The molecule has 0 aromatic heterocycles. The van der Waals surface area contributed by atoms with E-state index in [0.717, 1.165) is 13.2 Å². The maximum atomic E-state index is 4.81. The molecule has 0 radical (unpaired) electrons. The minimum absolute atomic E-state index is 0.106. The van der Waals surface area contributed by atoms with Gasteiger partial charge in [0.05, 0.1) is 0 Å². The van der Waals surface area contributed by atoms with Gasteiger partial charge in [-0.2, -0.15) is 6.20 Å². The first-order valence-corrected chi connectivity index (χ1v) is 19.4. The predicted octanol–water partition coefficient (Wildman–Crippen LogP) is 11.8. The Labute approximate surface area is 283 Å². The molecule has 44 heavy (non-hydrogen) atoms. The first kappa shape index (κ1) is 36.1. The van der Waals surface area contributed by atoms with E-state index in [1.54, 1.807) is 0 Å². The van der Waals surface area contributed by atoms with E-state index < -0.39 is 0 Å². The molecule has 0 fully saturated rings. The van der Waals surface area contributed by atoms with Crippen molar-refractivity contribution < 1.29 is 15.9 Å². The SMILES string of the molecule is C1=CN(Cc2ccccc2)C[N-]1.CC(C)c1cccc(C(C)C)c1N1C=CN(c2c(C(C)C)cccc2C(C)C)[CH-]1.[Cl][Pd][Cl]. The Morgan fingerprint density at radius 3 is 1.39 bits per heavy atom. The van der Waals surface area contributed by atoms with Gasteiger partial charge >= 0.3 is 35.0 Å². The molecule has 7 heteroatoms. The van der Waals surface area contributed by atoms with E-state index in [1.807, 2.05) is 18.5 Å².